The van der Waals surface area contributed by atoms with Crippen molar-refractivity contribution in [3.05, 3.63) is 12.2 Å². The van der Waals surface area contributed by atoms with Crippen molar-refractivity contribution in [1.29, 1.82) is 0 Å². The fourth-order valence-corrected chi connectivity index (χ4v) is 4.82. The molecule has 19 heavy (non-hydrogen) atoms. The second kappa shape index (κ2) is 5.68. The zero-order valence-corrected chi connectivity index (χ0v) is 12.0. The summed E-state index contributed by atoms with van der Waals surface area (Å²) in [5.41, 5.74) is 0. The Kier molecular flexibility index (Phi) is 3.95. The Labute approximate surface area is 116 Å². The first-order valence-electron chi connectivity index (χ1n) is 8.07. The van der Waals surface area contributed by atoms with Gasteiger partial charge in [0.1, 0.15) is 0 Å². The number of fused-ring (bicyclic) bond motifs is 1. The molecular formula is C17H26O2. The van der Waals surface area contributed by atoms with E-state index in [9.17, 15) is 4.79 Å². The molecule has 0 radical (unpaired) electrons. The number of carbonyl (C=O) groups excluding carboxylic acids is 1. The van der Waals surface area contributed by atoms with E-state index in [4.69, 9.17) is 4.74 Å². The molecule has 0 aromatic heterocycles. The van der Waals surface area contributed by atoms with E-state index in [2.05, 4.69) is 12.2 Å². The van der Waals surface area contributed by atoms with E-state index in [-0.39, 0.29) is 11.9 Å². The maximum Gasteiger partial charge on any atom is 0.309 e. The number of ether oxygens (including phenoxy) is 1. The molecule has 3 aliphatic rings. The third-order valence-electron chi connectivity index (χ3n) is 5.75. The number of hydrogen-bond donors (Lipinski definition) is 0. The predicted molar refractivity (Wildman–Crippen MR) is 75.5 cm³/mol. The highest BCUT2D eigenvalue weighted by Crippen LogP contribution is 2.49. The number of rotatable bonds is 2. The average molecular weight is 262 g/mol. The minimum atomic E-state index is 0.0526. The molecule has 4 atom stereocenters. The molecule has 0 spiro atoms. The SMILES string of the molecule is COC(=O)[C@H]1[C@@H]2CCC[C@H]2C=C[C@H]1C1CCCCC1. The van der Waals surface area contributed by atoms with Gasteiger partial charge in [-0.3, -0.25) is 4.79 Å². The number of allylic oxidation sites excluding steroid dienone is 2. The highest BCUT2D eigenvalue weighted by atomic mass is 16.5. The van der Waals surface area contributed by atoms with Crippen LogP contribution in [0.4, 0.5) is 0 Å². The molecule has 0 unspecified atom stereocenters. The molecule has 0 aromatic rings. The maximum absolute atomic E-state index is 12.3. The van der Waals surface area contributed by atoms with E-state index in [1.165, 1.54) is 51.4 Å². The first-order valence-corrected chi connectivity index (χ1v) is 8.07. The fourth-order valence-electron chi connectivity index (χ4n) is 4.82. The second-order valence-corrected chi connectivity index (χ2v) is 6.67. The van der Waals surface area contributed by atoms with Crippen LogP contribution in [0, 0.1) is 29.6 Å². The van der Waals surface area contributed by atoms with Crippen LogP contribution < -0.4 is 0 Å². The summed E-state index contributed by atoms with van der Waals surface area (Å²) in [4.78, 5) is 12.3. The van der Waals surface area contributed by atoms with Crippen LogP contribution >= 0.6 is 0 Å². The van der Waals surface area contributed by atoms with Crippen LogP contribution in [0.1, 0.15) is 51.4 Å². The first kappa shape index (κ1) is 13.2. The molecule has 0 aliphatic heterocycles. The molecule has 2 heteroatoms. The van der Waals surface area contributed by atoms with E-state index in [1.54, 1.807) is 7.11 Å². The summed E-state index contributed by atoms with van der Waals surface area (Å²) in [6, 6.07) is 0. The lowest BCUT2D eigenvalue weighted by Crippen LogP contribution is -2.39. The van der Waals surface area contributed by atoms with Crippen molar-refractivity contribution >= 4 is 5.97 Å². The van der Waals surface area contributed by atoms with E-state index >= 15 is 0 Å². The Morgan fingerprint density at radius 3 is 2.53 bits per heavy atom. The lowest BCUT2D eigenvalue weighted by atomic mass is 9.65. The van der Waals surface area contributed by atoms with Crippen molar-refractivity contribution in [2.24, 2.45) is 29.6 Å². The lowest BCUT2D eigenvalue weighted by molar-refractivity contribution is -0.151. The lowest BCUT2D eigenvalue weighted by Gasteiger charge is -2.40. The van der Waals surface area contributed by atoms with Crippen LogP contribution in [0.3, 0.4) is 0 Å². The molecule has 3 aliphatic carbocycles. The Balaban J connectivity index is 1.83. The Hall–Kier alpha value is -0.790. The maximum atomic E-state index is 12.3. The number of hydrogen-bond acceptors (Lipinski definition) is 2. The zero-order valence-electron chi connectivity index (χ0n) is 12.0. The van der Waals surface area contributed by atoms with Gasteiger partial charge in [-0.2, -0.15) is 0 Å². The van der Waals surface area contributed by atoms with Gasteiger partial charge in [-0.15, -0.1) is 0 Å². The molecule has 2 fully saturated rings. The van der Waals surface area contributed by atoms with Crippen molar-refractivity contribution in [3.8, 4) is 0 Å². The molecule has 0 saturated heterocycles. The summed E-state index contributed by atoms with van der Waals surface area (Å²) in [6.07, 6.45) is 15.3. The van der Waals surface area contributed by atoms with Gasteiger partial charge in [0.05, 0.1) is 13.0 Å². The molecule has 2 nitrogen and oxygen atoms in total. The number of methoxy groups -OCH3 is 1. The zero-order chi connectivity index (χ0) is 13.2. The van der Waals surface area contributed by atoms with Crippen LogP contribution in [-0.4, -0.2) is 13.1 Å². The normalized spacial score (nSPS) is 39.0. The quantitative estimate of drug-likeness (QED) is 0.556. The van der Waals surface area contributed by atoms with Crippen molar-refractivity contribution < 1.29 is 9.53 Å². The minimum absolute atomic E-state index is 0.0526. The Morgan fingerprint density at radius 1 is 1.00 bits per heavy atom. The van der Waals surface area contributed by atoms with Crippen molar-refractivity contribution in [1.82, 2.24) is 0 Å². The summed E-state index contributed by atoms with van der Waals surface area (Å²) in [6.45, 7) is 0. The predicted octanol–water partition coefficient (Wildman–Crippen LogP) is 3.96. The summed E-state index contributed by atoms with van der Waals surface area (Å²) in [5, 5.41) is 0. The molecule has 0 N–H and O–H groups in total. The van der Waals surface area contributed by atoms with E-state index < -0.39 is 0 Å². The standard InChI is InChI=1S/C17H26O2/c1-19-17(18)16-14-9-5-8-13(14)10-11-15(16)12-6-3-2-4-7-12/h10-16H,2-9H2,1H3/t13-,14+,15-,16-/m0/s1. The van der Waals surface area contributed by atoms with Crippen LogP contribution in [0.15, 0.2) is 12.2 Å². The van der Waals surface area contributed by atoms with Gasteiger partial charge in [0.25, 0.3) is 0 Å². The van der Waals surface area contributed by atoms with Crippen LogP contribution in [0.25, 0.3) is 0 Å². The first-order chi connectivity index (χ1) is 9.31. The van der Waals surface area contributed by atoms with Gasteiger partial charge in [0, 0.05) is 0 Å². The average Bonchev–Trinajstić information content (AvgIpc) is 2.94. The summed E-state index contributed by atoms with van der Waals surface area (Å²) >= 11 is 0. The van der Waals surface area contributed by atoms with Crippen LogP contribution in [0.5, 0.6) is 0 Å². The van der Waals surface area contributed by atoms with Crippen LogP contribution in [-0.2, 0) is 9.53 Å². The smallest absolute Gasteiger partial charge is 0.309 e. The van der Waals surface area contributed by atoms with Gasteiger partial charge in [-0.25, -0.2) is 0 Å². The molecule has 0 bridgehead atoms. The van der Waals surface area contributed by atoms with E-state index in [0.717, 1.165) is 5.92 Å². The molecule has 0 aromatic carbocycles. The minimum Gasteiger partial charge on any atom is -0.469 e. The monoisotopic (exact) mass is 262 g/mol. The highest BCUT2D eigenvalue weighted by Gasteiger charge is 2.45. The molecule has 2 saturated carbocycles. The summed E-state index contributed by atoms with van der Waals surface area (Å²) < 4.78 is 5.15. The number of esters is 1. The van der Waals surface area contributed by atoms with E-state index in [0.29, 0.717) is 17.8 Å². The molecule has 0 amide bonds. The van der Waals surface area contributed by atoms with E-state index in [1.807, 2.05) is 0 Å². The Morgan fingerprint density at radius 2 is 1.79 bits per heavy atom. The van der Waals surface area contributed by atoms with Gasteiger partial charge in [-0.1, -0.05) is 37.8 Å². The highest BCUT2D eigenvalue weighted by molar-refractivity contribution is 5.74. The van der Waals surface area contributed by atoms with Crippen molar-refractivity contribution in [2.45, 2.75) is 51.4 Å². The van der Waals surface area contributed by atoms with Crippen molar-refractivity contribution in [2.75, 3.05) is 7.11 Å². The summed E-state index contributed by atoms with van der Waals surface area (Å²) in [5.74, 6) is 2.57. The van der Waals surface area contributed by atoms with Gasteiger partial charge >= 0.3 is 5.97 Å². The Bertz CT molecular complexity index is 354. The van der Waals surface area contributed by atoms with Crippen LogP contribution in [0.2, 0.25) is 0 Å². The molecule has 0 heterocycles. The number of carbonyl (C=O) groups is 1. The molecule has 106 valence electrons. The molecule has 3 rings (SSSR count). The van der Waals surface area contributed by atoms with Crippen molar-refractivity contribution in [3.63, 3.8) is 0 Å². The van der Waals surface area contributed by atoms with Gasteiger partial charge in [0.2, 0.25) is 0 Å². The third kappa shape index (κ3) is 2.46. The second-order valence-electron chi connectivity index (χ2n) is 6.67. The van der Waals surface area contributed by atoms with Gasteiger partial charge in [-0.05, 0) is 49.4 Å². The topological polar surface area (TPSA) is 26.3 Å². The van der Waals surface area contributed by atoms with Gasteiger partial charge < -0.3 is 4.74 Å². The largest absolute Gasteiger partial charge is 0.469 e. The third-order valence-corrected chi connectivity index (χ3v) is 5.75. The molecular weight excluding hydrogens is 236 g/mol. The fraction of sp³-hybridized carbons (Fsp3) is 0.824. The van der Waals surface area contributed by atoms with Gasteiger partial charge in [0.15, 0.2) is 0 Å². The summed E-state index contributed by atoms with van der Waals surface area (Å²) in [7, 11) is 1.56.